The van der Waals surface area contributed by atoms with Crippen LogP contribution in [-0.2, 0) is 11.3 Å². The van der Waals surface area contributed by atoms with Crippen LogP contribution >= 0.6 is 11.6 Å². The van der Waals surface area contributed by atoms with Crippen LogP contribution in [0.5, 0.6) is 0 Å². The van der Waals surface area contributed by atoms with Gasteiger partial charge in [-0.25, -0.2) is 9.69 Å². The minimum Gasteiger partial charge on any atom is -0.379 e. The summed E-state index contributed by atoms with van der Waals surface area (Å²) in [6, 6.07) is 0. The fourth-order valence-electron chi connectivity index (χ4n) is 1.60. The van der Waals surface area contributed by atoms with E-state index in [1.165, 1.54) is 10.9 Å². The maximum atomic E-state index is 12.1. The molecular weight excluding hydrogens is 256 g/mol. The van der Waals surface area contributed by atoms with E-state index < -0.39 is 0 Å². The van der Waals surface area contributed by atoms with Crippen molar-refractivity contribution in [2.75, 3.05) is 31.7 Å². The van der Waals surface area contributed by atoms with Crippen LogP contribution in [0, 0.1) is 12.3 Å². The Morgan fingerprint density at radius 2 is 2.28 bits per heavy atom. The number of ether oxygens (including phenoxy) is 1. The molecule has 2 heterocycles. The first-order valence-corrected chi connectivity index (χ1v) is 5.88. The van der Waals surface area contributed by atoms with Crippen molar-refractivity contribution in [3.63, 3.8) is 0 Å². The Morgan fingerprint density at radius 3 is 2.94 bits per heavy atom. The highest BCUT2D eigenvalue weighted by molar-refractivity contribution is 6.32. The fourth-order valence-corrected chi connectivity index (χ4v) is 1.77. The van der Waals surface area contributed by atoms with Gasteiger partial charge in [-0.1, -0.05) is 17.5 Å². The summed E-state index contributed by atoms with van der Waals surface area (Å²) < 4.78 is 6.41. The quantitative estimate of drug-likeness (QED) is 0.793. The van der Waals surface area contributed by atoms with Crippen molar-refractivity contribution in [3.05, 3.63) is 21.6 Å². The molecule has 2 rings (SSSR count). The van der Waals surface area contributed by atoms with E-state index in [0.717, 1.165) is 0 Å². The zero-order valence-electron chi connectivity index (χ0n) is 9.73. The summed E-state index contributed by atoms with van der Waals surface area (Å²) in [5.41, 5.74) is 2.96. The summed E-state index contributed by atoms with van der Waals surface area (Å²) >= 11 is 5.97. The Balaban J connectivity index is 2.23. The molecule has 1 aromatic rings. The molecule has 0 saturated carbocycles. The second-order valence-electron chi connectivity index (χ2n) is 3.75. The lowest BCUT2D eigenvalue weighted by Gasteiger charge is -2.27. The van der Waals surface area contributed by atoms with Gasteiger partial charge in [-0.3, -0.25) is 4.79 Å². The van der Waals surface area contributed by atoms with Crippen LogP contribution in [0.1, 0.15) is 0 Å². The van der Waals surface area contributed by atoms with Crippen molar-refractivity contribution in [1.82, 2.24) is 14.8 Å². The molecule has 0 amide bonds. The lowest BCUT2D eigenvalue weighted by molar-refractivity contribution is 0.0496. The highest BCUT2D eigenvalue weighted by Crippen LogP contribution is 2.16. The van der Waals surface area contributed by atoms with Gasteiger partial charge in [0, 0.05) is 13.1 Å². The van der Waals surface area contributed by atoms with E-state index in [0.29, 0.717) is 32.0 Å². The van der Waals surface area contributed by atoms with Gasteiger partial charge in [0.05, 0.1) is 24.4 Å². The minimum absolute atomic E-state index is 0.119. The molecule has 0 bridgehead atoms. The van der Waals surface area contributed by atoms with Gasteiger partial charge >= 0.3 is 0 Å². The lowest BCUT2D eigenvalue weighted by atomic mass is 10.4. The molecular formula is C11H13ClN4O2. The van der Waals surface area contributed by atoms with E-state index in [1.54, 1.807) is 0 Å². The Bertz CT molecular complexity index is 517. The standard InChI is InChI=1S/C11H13ClN4O2/c1-2-3-16-11(17)10(9(12)8-13-16)14-15-4-6-18-7-5-15/h1,8,14H,3-7H2. The molecule has 0 aliphatic carbocycles. The first kappa shape index (κ1) is 12.9. The molecule has 6 nitrogen and oxygen atoms in total. The Kier molecular flexibility index (Phi) is 4.20. The molecule has 18 heavy (non-hydrogen) atoms. The van der Waals surface area contributed by atoms with Crippen molar-refractivity contribution in [1.29, 1.82) is 0 Å². The van der Waals surface area contributed by atoms with E-state index in [-0.39, 0.29) is 17.1 Å². The predicted molar refractivity (Wildman–Crippen MR) is 68.4 cm³/mol. The average molecular weight is 269 g/mol. The number of anilines is 1. The molecule has 1 aromatic heterocycles. The van der Waals surface area contributed by atoms with Crippen LogP contribution in [-0.4, -0.2) is 41.1 Å². The normalized spacial score (nSPS) is 16.2. The first-order valence-electron chi connectivity index (χ1n) is 5.51. The zero-order valence-corrected chi connectivity index (χ0v) is 10.5. The van der Waals surface area contributed by atoms with Crippen LogP contribution < -0.4 is 11.0 Å². The van der Waals surface area contributed by atoms with E-state index in [1.807, 2.05) is 5.01 Å². The Hall–Kier alpha value is -1.55. The average Bonchev–Trinajstić information content (AvgIpc) is 2.39. The van der Waals surface area contributed by atoms with Gasteiger partial charge in [0.15, 0.2) is 0 Å². The molecule has 1 aliphatic rings. The second-order valence-corrected chi connectivity index (χ2v) is 4.15. The van der Waals surface area contributed by atoms with Gasteiger partial charge in [-0.15, -0.1) is 6.42 Å². The zero-order chi connectivity index (χ0) is 13.0. The number of nitrogens with zero attached hydrogens (tertiary/aromatic N) is 3. The number of hydrogen-bond acceptors (Lipinski definition) is 5. The molecule has 0 aromatic carbocycles. The van der Waals surface area contributed by atoms with Gasteiger partial charge in [0.2, 0.25) is 0 Å². The van der Waals surface area contributed by atoms with E-state index >= 15 is 0 Å². The maximum absolute atomic E-state index is 12.1. The summed E-state index contributed by atoms with van der Waals surface area (Å²) in [5.74, 6) is 2.37. The van der Waals surface area contributed by atoms with Crippen LogP contribution in [0.2, 0.25) is 5.02 Å². The summed E-state index contributed by atoms with van der Waals surface area (Å²) in [4.78, 5) is 12.1. The number of morpholine rings is 1. The molecule has 1 saturated heterocycles. The van der Waals surface area contributed by atoms with E-state index in [2.05, 4.69) is 16.4 Å². The van der Waals surface area contributed by atoms with Gasteiger partial charge in [0.1, 0.15) is 12.2 Å². The molecule has 1 aliphatic heterocycles. The predicted octanol–water partition coefficient (Wildman–Crippen LogP) is 0.189. The Labute approximate surface area is 109 Å². The van der Waals surface area contributed by atoms with Gasteiger partial charge in [0.25, 0.3) is 5.56 Å². The van der Waals surface area contributed by atoms with Crippen LogP contribution in [0.25, 0.3) is 0 Å². The third-order valence-corrected chi connectivity index (χ3v) is 2.81. The van der Waals surface area contributed by atoms with Gasteiger partial charge in [-0.05, 0) is 0 Å². The number of aromatic nitrogens is 2. The van der Waals surface area contributed by atoms with E-state index in [4.69, 9.17) is 22.8 Å². The highest BCUT2D eigenvalue weighted by Gasteiger charge is 2.15. The molecule has 1 fully saturated rings. The largest absolute Gasteiger partial charge is 0.379 e. The van der Waals surface area contributed by atoms with Crippen LogP contribution in [0.4, 0.5) is 5.69 Å². The number of nitrogens with one attached hydrogen (secondary N) is 1. The van der Waals surface area contributed by atoms with Crippen molar-refractivity contribution in [2.24, 2.45) is 0 Å². The molecule has 1 N–H and O–H groups in total. The number of hydrazine groups is 1. The first-order chi connectivity index (χ1) is 8.72. The number of hydrogen-bond donors (Lipinski definition) is 1. The summed E-state index contributed by atoms with van der Waals surface area (Å²) in [7, 11) is 0. The summed E-state index contributed by atoms with van der Waals surface area (Å²) in [5, 5.41) is 6.03. The minimum atomic E-state index is -0.327. The van der Waals surface area contributed by atoms with Crippen molar-refractivity contribution in [2.45, 2.75) is 6.54 Å². The third kappa shape index (κ3) is 2.82. The van der Waals surface area contributed by atoms with Gasteiger partial charge < -0.3 is 10.2 Å². The number of rotatable bonds is 3. The molecule has 0 spiro atoms. The maximum Gasteiger partial charge on any atom is 0.293 e. The Morgan fingerprint density at radius 1 is 1.56 bits per heavy atom. The fraction of sp³-hybridized carbons (Fsp3) is 0.455. The van der Waals surface area contributed by atoms with Crippen molar-refractivity contribution < 1.29 is 4.74 Å². The third-order valence-electron chi connectivity index (χ3n) is 2.52. The molecule has 0 radical (unpaired) electrons. The smallest absolute Gasteiger partial charge is 0.293 e. The van der Waals surface area contributed by atoms with Crippen LogP contribution in [0.3, 0.4) is 0 Å². The van der Waals surface area contributed by atoms with Crippen molar-refractivity contribution in [3.8, 4) is 12.3 Å². The lowest BCUT2D eigenvalue weighted by Crippen LogP contribution is -2.42. The summed E-state index contributed by atoms with van der Waals surface area (Å²) in [6.07, 6.45) is 6.58. The monoisotopic (exact) mass is 268 g/mol. The summed E-state index contributed by atoms with van der Waals surface area (Å²) in [6.45, 7) is 2.73. The number of terminal acetylenes is 1. The molecule has 7 heteroatoms. The second kappa shape index (κ2) is 5.87. The molecule has 0 unspecified atom stereocenters. The highest BCUT2D eigenvalue weighted by atomic mass is 35.5. The molecule has 96 valence electrons. The van der Waals surface area contributed by atoms with Crippen molar-refractivity contribution >= 4 is 17.3 Å². The SMILES string of the molecule is C#CCn1ncc(Cl)c(NN2CCOCC2)c1=O. The van der Waals surface area contributed by atoms with Crippen LogP contribution in [0.15, 0.2) is 11.0 Å². The van der Waals surface area contributed by atoms with Gasteiger partial charge in [-0.2, -0.15) is 5.10 Å². The van der Waals surface area contributed by atoms with E-state index in [9.17, 15) is 4.79 Å². The number of halogens is 1. The topological polar surface area (TPSA) is 59.4 Å². The molecule has 0 atom stereocenters.